The highest BCUT2D eigenvalue weighted by Gasteiger charge is 2.08. The molecule has 0 atom stereocenters. The van der Waals surface area contributed by atoms with Gasteiger partial charge in [-0.2, -0.15) is 0 Å². The van der Waals surface area contributed by atoms with Crippen molar-refractivity contribution in [3.05, 3.63) is 70.3 Å². The molecule has 0 aliphatic rings. The van der Waals surface area contributed by atoms with Crippen LogP contribution >= 0.6 is 35.0 Å². The molecule has 2 aromatic carbocycles. The summed E-state index contributed by atoms with van der Waals surface area (Å²) in [4.78, 5) is 6.31. The molecule has 0 unspecified atom stereocenters. The van der Waals surface area contributed by atoms with Gasteiger partial charge in [0.15, 0.2) is 11.5 Å². The Morgan fingerprint density at radius 3 is 2.44 bits per heavy atom. The maximum absolute atomic E-state index is 6.06. The second kappa shape index (κ2) is 9.33. The molecule has 3 aromatic rings. The van der Waals surface area contributed by atoms with Crippen molar-refractivity contribution in [1.82, 2.24) is 4.98 Å². The summed E-state index contributed by atoms with van der Waals surface area (Å²) >= 11 is 13.5. The Bertz CT molecular complexity index is 920. The fraction of sp³-hybridized carbons (Fsp3) is 0.150. The second-order valence-electron chi connectivity index (χ2n) is 5.64. The molecule has 0 bridgehead atoms. The van der Waals surface area contributed by atoms with Gasteiger partial charge in [-0.1, -0.05) is 41.0 Å². The first kappa shape index (κ1) is 19.8. The lowest BCUT2D eigenvalue weighted by atomic mass is 10.1. The van der Waals surface area contributed by atoms with Crippen molar-refractivity contribution in [3.63, 3.8) is 0 Å². The van der Waals surface area contributed by atoms with Crippen molar-refractivity contribution >= 4 is 35.0 Å². The number of nitrogens with two attached hydrogens (primary N) is 1. The number of benzene rings is 2. The third-order valence-electron chi connectivity index (χ3n) is 3.71. The predicted molar refractivity (Wildman–Crippen MR) is 111 cm³/mol. The van der Waals surface area contributed by atoms with Gasteiger partial charge in [-0.15, -0.1) is 0 Å². The quantitative estimate of drug-likeness (QED) is 0.519. The smallest absolute Gasteiger partial charge is 0.219 e. The standard InChI is InChI=1S/C20H18Cl2N2O2S/c1-25-19-10-13(8-9-23)2-6-18(19)26-20-7-4-15(12-24-20)27-14-3-5-16(21)17(22)11-14/h2-7,10-12H,8-9,23H2,1H3. The van der Waals surface area contributed by atoms with Crippen LogP contribution in [0.15, 0.2) is 64.5 Å². The molecule has 7 heteroatoms. The first-order valence-corrected chi connectivity index (χ1v) is 9.80. The molecular weight excluding hydrogens is 403 g/mol. The summed E-state index contributed by atoms with van der Waals surface area (Å²) < 4.78 is 11.3. The Labute approximate surface area is 172 Å². The van der Waals surface area contributed by atoms with E-state index in [1.165, 1.54) is 0 Å². The van der Waals surface area contributed by atoms with E-state index >= 15 is 0 Å². The van der Waals surface area contributed by atoms with E-state index in [9.17, 15) is 0 Å². The highest BCUT2D eigenvalue weighted by molar-refractivity contribution is 7.99. The largest absolute Gasteiger partial charge is 0.493 e. The number of methoxy groups -OCH3 is 1. The number of halogens is 2. The molecule has 2 N–H and O–H groups in total. The molecular formula is C20H18Cl2N2O2S. The average Bonchev–Trinajstić information content (AvgIpc) is 2.67. The van der Waals surface area contributed by atoms with Gasteiger partial charge in [-0.25, -0.2) is 4.98 Å². The van der Waals surface area contributed by atoms with Gasteiger partial charge in [0, 0.05) is 22.1 Å². The summed E-state index contributed by atoms with van der Waals surface area (Å²) in [5, 5.41) is 1.06. The van der Waals surface area contributed by atoms with Crippen molar-refractivity contribution in [2.45, 2.75) is 16.2 Å². The lowest BCUT2D eigenvalue weighted by Gasteiger charge is -2.11. The molecule has 4 nitrogen and oxygen atoms in total. The Morgan fingerprint density at radius 1 is 0.963 bits per heavy atom. The number of rotatable bonds is 7. The number of aromatic nitrogens is 1. The average molecular weight is 421 g/mol. The number of pyridine rings is 1. The van der Waals surface area contributed by atoms with E-state index in [-0.39, 0.29) is 0 Å². The van der Waals surface area contributed by atoms with E-state index < -0.39 is 0 Å². The maximum atomic E-state index is 6.06. The van der Waals surface area contributed by atoms with Crippen molar-refractivity contribution in [2.24, 2.45) is 5.73 Å². The van der Waals surface area contributed by atoms with Gasteiger partial charge < -0.3 is 15.2 Å². The van der Waals surface area contributed by atoms with E-state index in [0.29, 0.717) is 34.0 Å². The highest BCUT2D eigenvalue weighted by Crippen LogP contribution is 2.34. The van der Waals surface area contributed by atoms with Crippen LogP contribution in [-0.2, 0) is 6.42 Å². The zero-order valence-corrected chi connectivity index (χ0v) is 16.9. The number of ether oxygens (including phenoxy) is 2. The predicted octanol–water partition coefficient (Wildman–Crippen LogP) is 5.84. The summed E-state index contributed by atoms with van der Waals surface area (Å²) in [6.45, 7) is 0.586. The van der Waals surface area contributed by atoms with Crippen LogP contribution in [0.1, 0.15) is 5.56 Å². The summed E-state index contributed by atoms with van der Waals surface area (Å²) in [6.07, 6.45) is 2.54. The minimum Gasteiger partial charge on any atom is -0.493 e. The van der Waals surface area contributed by atoms with Gasteiger partial charge in [-0.3, -0.25) is 0 Å². The normalized spacial score (nSPS) is 10.7. The van der Waals surface area contributed by atoms with Crippen molar-refractivity contribution in [2.75, 3.05) is 13.7 Å². The Kier molecular flexibility index (Phi) is 6.85. The van der Waals surface area contributed by atoms with E-state index in [1.54, 1.807) is 31.1 Å². The SMILES string of the molecule is COc1cc(CCN)ccc1Oc1ccc(Sc2ccc(Cl)c(Cl)c2)cn1. The second-order valence-corrected chi connectivity index (χ2v) is 7.60. The lowest BCUT2D eigenvalue weighted by Crippen LogP contribution is -2.03. The van der Waals surface area contributed by atoms with Crippen LogP contribution < -0.4 is 15.2 Å². The molecule has 0 saturated heterocycles. The zero-order chi connectivity index (χ0) is 19.2. The van der Waals surface area contributed by atoms with E-state index in [1.807, 2.05) is 42.5 Å². The van der Waals surface area contributed by atoms with Crippen LogP contribution in [0.4, 0.5) is 0 Å². The third-order valence-corrected chi connectivity index (χ3v) is 5.42. The minimum absolute atomic E-state index is 0.485. The van der Waals surface area contributed by atoms with Gasteiger partial charge in [0.1, 0.15) is 0 Å². The van der Waals surface area contributed by atoms with E-state index in [0.717, 1.165) is 21.8 Å². The van der Waals surface area contributed by atoms with Crippen LogP contribution in [-0.4, -0.2) is 18.6 Å². The molecule has 0 spiro atoms. The molecule has 0 aliphatic carbocycles. The van der Waals surface area contributed by atoms with Crippen LogP contribution in [0.5, 0.6) is 17.4 Å². The molecule has 0 radical (unpaired) electrons. The molecule has 0 aliphatic heterocycles. The Morgan fingerprint density at radius 2 is 1.78 bits per heavy atom. The van der Waals surface area contributed by atoms with Crippen molar-refractivity contribution in [1.29, 1.82) is 0 Å². The molecule has 1 heterocycles. The first-order valence-electron chi connectivity index (χ1n) is 8.23. The number of hydrogen-bond donors (Lipinski definition) is 1. The summed E-state index contributed by atoms with van der Waals surface area (Å²) in [7, 11) is 1.61. The molecule has 0 saturated carbocycles. The zero-order valence-electron chi connectivity index (χ0n) is 14.6. The fourth-order valence-corrected chi connectivity index (χ4v) is 3.58. The molecule has 0 amide bonds. The van der Waals surface area contributed by atoms with Crippen LogP contribution in [0.25, 0.3) is 0 Å². The molecule has 1 aromatic heterocycles. The molecule has 3 rings (SSSR count). The van der Waals surface area contributed by atoms with Gasteiger partial charge >= 0.3 is 0 Å². The fourth-order valence-electron chi connectivity index (χ4n) is 2.40. The summed E-state index contributed by atoms with van der Waals surface area (Å²) in [5.74, 6) is 1.74. The Hall–Kier alpha value is -1.92. The van der Waals surface area contributed by atoms with Gasteiger partial charge in [-0.05, 0) is 54.9 Å². The molecule has 27 heavy (non-hydrogen) atoms. The first-order chi connectivity index (χ1) is 13.1. The third kappa shape index (κ3) is 5.30. The highest BCUT2D eigenvalue weighted by atomic mass is 35.5. The van der Waals surface area contributed by atoms with Gasteiger partial charge in [0.2, 0.25) is 5.88 Å². The molecule has 0 fully saturated rings. The topological polar surface area (TPSA) is 57.4 Å². The Balaban J connectivity index is 1.71. The van der Waals surface area contributed by atoms with Gasteiger partial charge in [0.25, 0.3) is 0 Å². The maximum Gasteiger partial charge on any atom is 0.219 e. The van der Waals surface area contributed by atoms with E-state index in [4.69, 9.17) is 38.4 Å². The minimum atomic E-state index is 0.485. The monoisotopic (exact) mass is 420 g/mol. The van der Waals surface area contributed by atoms with E-state index in [2.05, 4.69) is 4.98 Å². The van der Waals surface area contributed by atoms with Crippen LogP contribution in [0.2, 0.25) is 10.0 Å². The summed E-state index contributed by atoms with van der Waals surface area (Å²) in [5.41, 5.74) is 6.70. The molecule has 140 valence electrons. The van der Waals surface area contributed by atoms with Crippen LogP contribution in [0, 0.1) is 0 Å². The lowest BCUT2D eigenvalue weighted by molar-refractivity contribution is 0.373. The van der Waals surface area contributed by atoms with Crippen molar-refractivity contribution in [3.8, 4) is 17.4 Å². The van der Waals surface area contributed by atoms with Gasteiger partial charge in [0.05, 0.1) is 17.2 Å². The van der Waals surface area contributed by atoms with Crippen molar-refractivity contribution < 1.29 is 9.47 Å². The number of nitrogens with zero attached hydrogens (tertiary/aromatic N) is 1. The van der Waals surface area contributed by atoms with Crippen LogP contribution in [0.3, 0.4) is 0 Å². The number of hydrogen-bond acceptors (Lipinski definition) is 5. The summed E-state index contributed by atoms with van der Waals surface area (Å²) in [6, 6.07) is 15.0.